The summed E-state index contributed by atoms with van der Waals surface area (Å²) in [4.78, 5) is 28.3. The second-order valence-corrected chi connectivity index (χ2v) is 11.7. The Morgan fingerprint density at radius 1 is 1.13 bits per heavy atom. The van der Waals surface area contributed by atoms with Crippen molar-refractivity contribution in [2.24, 2.45) is 0 Å². The molecule has 1 atom stereocenters. The first-order valence-electron chi connectivity index (χ1n) is 12.8. The molecule has 2 amide bonds. The van der Waals surface area contributed by atoms with Gasteiger partial charge in [-0.3, -0.25) is 14.5 Å². The third-order valence-corrected chi connectivity index (χ3v) is 7.84. The molecule has 0 radical (unpaired) electrons. The highest BCUT2D eigenvalue weighted by Gasteiger charge is 2.40. The third kappa shape index (κ3) is 5.49. The minimum Gasteiger partial charge on any atom is -0.467 e. The smallest absolute Gasteiger partial charge is 0.240 e. The Hall–Kier alpha value is -3.85. The maximum absolute atomic E-state index is 15.2. The van der Waals surface area contributed by atoms with Gasteiger partial charge in [-0.1, -0.05) is 56.7 Å². The van der Waals surface area contributed by atoms with Gasteiger partial charge in [-0.25, -0.2) is 9.07 Å². The molecule has 0 aliphatic carbocycles. The first kappa shape index (κ1) is 26.7. The fraction of sp³-hybridized carbons (Fsp3) is 0.300. The quantitative estimate of drug-likeness (QED) is 0.336. The number of halogens is 1. The molecule has 9 heteroatoms. The van der Waals surface area contributed by atoms with Crippen LogP contribution in [0, 0.1) is 12.7 Å². The number of anilines is 1. The van der Waals surface area contributed by atoms with Crippen molar-refractivity contribution in [3.05, 3.63) is 101 Å². The number of aryl methyl sites for hydroxylation is 1. The fourth-order valence-electron chi connectivity index (χ4n) is 4.67. The van der Waals surface area contributed by atoms with Crippen LogP contribution in [0.1, 0.15) is 54.2 Å². The molecule has 2 aromatic heterocycles. The minimum absolute atomic E-state index is 0.0800. The van der Waals surface area contributed by atoms with Gasteiger partial charge in [0.15, 0.2) is 0 Å². The van der Waals surface area contributed by atoms with E-state index in [9.17, 15) is 9.59 Å². The minimum atomic E-state index is -0.491. The summed E-state index contributed by atoms with van der Waals surface area (Å²) in [6, 6.07) is 18.0. The van der Waals surface area contributed by atoms with Crippen molar-refractivity contribution >= 4 is 29.4 Å². The number of nitrogens with zero attached hydrogens (tertiary/aromatic N) is 3. The lowest BCUT2D eigenvalue weighted by Gasteiger charge is -2.24. The highest BCUT2D eigenvalue weighted by atomic mass is 32.2. The Morgan fingerprint density at radius 2 is 1.87 bits per heavy atom. The highest BCUT2D eigenvalue weighted by molar-refractivity contribution is 8.00. The zero-order chi connectivity index (χ0) is 27.7. The summed E-state index contributed by atoms with van der Waals surface area (Å²) >= 11 is 1.35. The number of thioether (sulfide) groups is 1. The maximum Gasteiger partial charge on any atom is 0.240 e. The van der Waals surface area contributed by atoms with Crippen LogP contribution in [-0.4, -0.2) is 33.9 Å². The molecule has 0 bridgehead atoms. The number of carbonyl (C=O) groups is 2. The van der Waals surface area contributed by atoms with Crippen molar-refractivity contribution < 1.29 is 18.4 Å². The molecule has 39 heavy (non-hydrogen) atoms. The van der Waals surface area contributed by atoms with Crippen LogP contribution >= 0.6 is 11.8 Å². The average Bonchev–Trinajstić information content (AvgIpc) is 3.53. The molecule has 3 heterocycles. The van der Waals surface area contributed by atoms with Crippen LogP contribution in [0.25, 0.3) is 5.69 Å². The van der Waals surface area contributed by atoms with E-state index >= 15 is 4.39 Å². The number of carbonyl (C=O) groups excluding carboxylic acids is 2. The lowest BCUT2D eigenvalue weighted by molar-refractivity contribution is -0.123. The van der Waals surface area contributed by atoms with Crippen LogP contribution in [0.4, 0.5) is 10.2 Å². The summed E-state index contributed by atoms with van der Waals surface area (Å²) in [5, 5.41) is 7.37. The summed E-state index contributed by atoms with van der Waals surface area (Å²) in [6.07, 6.45) is 1.54. The summed E-state index contributed by atoms with van der Waals surface area (Å²) in [6.45, 7) is 8.13. The van der Waals surface area contributed by atoms with E-state index in [0.29, 0.717) is 17.1 Å². The number of rotatable bonds is 6. The van der Waals surface area contributed by atoms with E-state index in [-0.39, 0.29) is 36.5 Å². The van der Waals surface area contributed by atoms with Gasteiger partial charge in [0.05, 0.1) is 35.2 Å². The van der Waals surface area contributed by atoms with Crippen LogP contribution in [0.3, 0.4) is 0 Å². The molecule has 1 N–H and O–H groups in total. The Kier molecular flexibility index (Phi) is 7.36. The standard InChI is InChI=1S/C30H31FN4O3S/c1-19-11-13-20(14-12-19)35-29-26(28(33-35)30(2,3)4)27(22-9-5-6-10-23(22)31)39-18-25(37)34(29)17-24(36)32-16-21-8-7-15-38-21/h5-15,27H,16-18H2,1-4H3,(H,32,36)/t27-/m0/s1. The summed E-state index contributed by atoms with van der Waals surface area (Å²) in [5.74, 6) is 0.245. The third-order valence-electron chi connectivity index (χ3n) is 6.61. The fourth-order valence-corrected chi connectivity index (χ4v) is 5.89. The normalized spacial score (nSPS) is 15.7. The van der Waals surface area contributed by atoms with Crippen molar-refractivity contribution in [2.75, 3.05) is 17.2 Å². The number of benzene rings is 2. The molecular formula is C30H31FN4O3S. The van der Waals surface area contributed by atoms with E-state index in [1.54, 1.807) is 41.3 Å². The molecule has 7 nitrogen and oxygen atoms in total. The predicted octanol–water partition coefficient (Wildman–Crippen LogP) is 5.70. The van der Waals surface area contributed by atoms with E-state index in [0.717, 1.165) is 22.5 Å². The molecule has 5 rings (SSSR count). The van der Waals surface area contributed by atoms with Gasteiger partial charge in [-0.05, 0) is 37.3 Å². The molecule has 0 spiro atoms. The Morgan fingerprint density at radius 3 is 2.54 bits per heavy atom. The van der Waals surface area contributed by atoms with Gasteiger partial charge in [0, 0.05) is 16.5 Å². The molecule has 2 aromatic carbocycles. The summed E-state index contributed by atoms with van der Waals surface area (Å²) in [7, 11) is 0. The van der Waals surface area contributed by atoms with Crippen LogP contribution in [0.5, 0.6) is 0 Å². The topological polar surface area (TPSA) is 80.4 Å². The zero-order valence-corrected chi connectivity index (χ0v) is 23.2. The SMILES string of the molecule is Cc1ccc(-n2nc(C(C)(C)C)c3c2N(CC(=O)NCc2ccco2)C(=O)CS[C@H]3c2ccccc2F)cc1. The molecular weight excluding hydrogens is 515 g/mol. The maximum atomic E-state index is 15.2. The van der Waals surface area contributed by atoms with Gasteiger partial charge < -0.3 is 9.73 Å². The molecule has 0 saturated carbocycles. The summed E-state index contributed by atoms with van der Waals surface area (Å²) < 4.78 is 22.3. The van der Waals surface area contributed by atoms with Crippen LogP contribution < -0.4 is 10.2 Å². The van der Waals surface area contributed by atoms with E-state index in [1.165, 1.54) is 22.7 Å². The zero-order valence-electron chi connectivity index (χ0n) is 22.4. The Labute approximate surface area is 231 Å². The lowest BCUT2D eigenvalue weighted by atomic mass is 9.87. The van der Waals surface area contributed by atoms with Crippen LogP contribution in [0.15, 0.2) is 71.3 Å². The predicted molar refractivity (Wildman–Crippen MR) is 151 cm³/mol. The number of furan rings is 1. The molecule has 202 valence electrons. The summed E-state index contributed by atoms with van der Waals surface area (Å²) in [5.41, 5.74) is 3.37. The number of hydrogen-bond acceptors (Lipinski definition) is 5. The van der Waals surface area contributed by atoms with E-state index in [4.69, 9.17) is 9.52 Å². The molecule has 1 aliphatic rings. The Balaban J connectivity index is 1.68. The van der Waals surface area contributed by atoms with Gasteiger partial charge in [-0.2, -0.15) is 5.10 Å². The Bertz CT molecular complexity index is 1490. The van der Waals surface area contributed by atoms with Crippen molar-refractivity contribution in [3.8, 4) is 5.69 Å². The molecule has 0 unspecified atom stereocenters. The van der Waals surface area contributed by atoms with Crippen molar-refractivity contribution in [1.82, 2.24) is 15.1 Å². The number of hydrogen-bond donors (Lipinski definition) is 1. The van der Waals surface area contributed by atoms with Gasteiger partial charge >= 0.3 is 0 Å². The molecule has 0 saturated heterocycles. The van der Waals surface area contributed by atoms with Gasteiger partial charge in [0.1, 0.15) is 23.9 Å². The number of amides is 2. The van der Waals surface area contributed by atoms with E-state index < -0.39 is 10.7 Å². The highest BCUT2D eigenvalue weighted by Crippen LogP contribution is 2.48. The monoisotopic (exact) mass is 546 g/mol. The van der Waals surface area contributed by atoms with Gasteiger partial charge in [0.25, 0.3) is 0 Å². The van der Waals surface area contributed by atoms with E-state index in [2.05, 4.69) is 5.32 Å². The molecule has 0 fully saturated rings. The molecule has 4 aromatic rings. The van der Waals surface area contributed by atoms with Crippen molar-refractivity contribution in [2.45, 2.75) is 44.9 Å². The second kappa shape index (κ2) is 10.7. The van der Waals surface area contributed by atoms with Crippen LogP contribution in [-0.2, 0) is 21.5 Å². The van der Waals surface area contributed by atoms with Crippen LogP contribution in [0.2, 0.25) is 0 Å². The largest absolute Gasteiger partial charge is 0.467 e. The number of fused-ring (bicyclic) bond motifs is 1. The number of aromatic nitrogens is 2. The lowest BCUT2D eigenvalue weighted by Crippen LogP contribution is -2.42. The van der Waals surface area contributed by atoms with Gasteiger partial charge in [-0.15, -0.1) is 11.8 Å². The van der Waals surface area contributed by atoms with Crippen molar-refractivity contribution in [3.63, 3.8) is 0 Å². The molecule has 1 aliphatic heterocycles. The first-order valence-corrected chi connectivity index (χ1v) is 13.8. The number of nitrogens with one attached hydrogen (secondary N) is 1. The van der Waals surface area contributed by atoms with E-state index in [1.807, 2.05) is 52.0 Å². The average molecular weight is 547 g/mol. The first-order chi connectivity index (χ1) is 18.6. The van der Waals surface area contributed by atoms with Gasteiger partial charge in [0.2, 0.25) is 11.8 Å². The second-order valence-electron chi connectivity index (χ2n) is 10.6. The van der Waals surface area contributed by atoms with Crippen molar-refractivity contribution in [1.29, 1.82) is 0 Å².